The summed E-state index contributed by atoms with van der Waals surface area (Å²) >= 11 is 0. The topological polar surface area (TPSA) is 71.3 Å². The molecule has 0 aromatic carbocycles. The van der Waals surface area contributed by atoms with Crippen LogP contribution in [0.15, 0.2) is 10.8 Å². The van der Waals surface area contributed by atoms with E-state index < -0.39 is 12.1 Å². The highest BCUT2D eigenvalue weighted by molar-refractivity contribution is 5.83. The number of halogens is 3. The monoisotopic (exact) mass is 360 g/mol. The number of nitrogens with zero attached hydrogens (tertiary/aromatic N) is 3. The first-order valence-electron chi connectivity index (χ1n) is 8.67. The Morgan fingerprint density at radius 2 is 1.96 bits per heavy atom. The number of likely N-dealkylation sites (tertiary alicyclic amines) is 1. The zero-order valence-electron chi connectivity index (χ0n) is 14.2. The van der Waals surface area contributed by atoms with Gasteiger partial charge in [-0.15, -0.1) is 5.10 Å². The van der Waals surface area contributed by atoms with E-state index in [2.05, 4.69) is 15.5 Å². The van der Waals surface area contributed by atoms with Gasteiger partial charge in [0.15, 0.2) is 0 Å². The van der Waals surface area contributed by atoms with Gasteiger partial charge in [0.05, 0.1) is 5.92 Å². The van der Waals surface area contributed by atoms with E-state index in [1.54, 1.807) is 0 Å². The number of hydrogen-bond donors (Lipinski definition) is 1. The smallest absolute Gasteiger partial charge is 0.391 e. The first kappa shape index (κ1) is 18.0. The molecular formula is C16H23F3N4O2. The van der Waals surface area contributed by atoms with Gasteiger partial charge < -0.3 is 14.6 Å². The van der Waals surface area contributed by atoms with Gasteiger partial charge in [-0.2, -0.15) is 13.2 Å². The van der Waals surface area contributed by atoms with Crippen molar-refractivity contribution >= 4 is 11.9 Å². The highest BCUT2D eigenvalue weighted by Gasteiger charge is 2.47. The van der Waals surface area contributed by atoms with Gasteiger partial charge in [-0.3, -0.25) is 4.79 Å². The van der Waals surface area contributed by atoms with Gasteiger partial charge >= 0.3 is 12.2 Å². The molecule has 9 heteroatoms. The third-order valence-electron chi connectivity index (χ3n) is 5.20. The van der Waals surface area contributed by atoms with E-state index in [4.69, 9.17) is 4.42 Å². The number of carbonyl (C=O) groups is 1. The molecule has 0 radical (unpaired) electrons. The summed E-state index contributed by atoms with van der Waals surface area (Å²) in [5.41, 5.74) is 0.597. The maximum absolute atomic E-state index is 12.2. The molecule has 6 nitrogen and oxygen atoms in total. The summed E-state index contributed by atoms with van der Waals surface area (Å²) in [7, 11) is 0. The van der Waals surface area contributed by atoms with E-state index in [1.807, 2.05) is 11.8 Å². The number of rotatable bonds is 3. The minimum absolute atomic E-state index is 0.115. The van der Waals surface area contributed by atoms with E-state index >= 15 is 0 Å². The number of nitrogens with one attached hydrogen (secondary N) is 1. The lowest BCUT2D eigenvalue weighted by Crippen LogP contribution is -2.45. The summed E-state index contributed by atoms with van der Waals surface area (Å²) in [6, 6.07) is -0.0229. The summed E-state index contributed by atoms with van der Waals surface area (Å²) in [4.78, 5) is 14.2. The van der Waals surface area contributed by atoms with E-state index in [0.29, 0.717) is 24.3 Å². The number of amides is 1. The van der Waals surface area contributed by atoms with Crippen LogP contribution in [-0.4, -0.2) is 46.3 Å². The molecular weight excluding hydrogens is 337 g/mol. The van der Waals surface area contributed by atoms with Crippen LogP contribution in [0.2, 0.25) is 0 Å². The number of anilines is 1. The Hall–Kier alpha value is -1.80. The number of carbonyl (C=O) groups excluding carboxylic acids is 1. The van der Waals surface area contributed by atoms with Crippen LogP contribution in [-0.2, 0) is 4.79 Å². The van der Waals surface area contributed by atoms with Gasteiger partial charge in [-0.25, -0.2) is 0 Å². The lowest BCUT2D eigenvalue weighted by Gasteiger charge is -2.33. The Morgan fingerprint density at radius 1 is 1.32 bits per heavy atom. The summed E-state index contributed by atoms with van der Waals surface area (Å²) in [6.45, 7) is 3.59. The van der Waals surface area contributed by atoms with E-state index in [1.165, 1.54) is 19.2 Å². The molecule has 2 heterocycles. The molecule has 1 saturated heterocycles. The van der Waals surface area contributed by atoms with Crippen LogP contribution < -0.4 is 5.32 Å². The van der Waals surface area contributed by atoms with Gasteiger partial charge in [-0.1, -0.05) is 5.10 Å². The normalized spacial score (nSPS) is 22.8. The maximum Gasteiger partial charge on any atom is 0.391 e. The van der Waals surface area contributed by atoms with Crippen LogP contribution in [0.3, 0.4) is 0 Å². The van der Waals surface area contributed by atoms with Crippen molar-refractivity contribution in [3.8, 4) is 0 Å². The molecule has 1 aliphatic heterocycles. The Labute approximate surface area is 144 Å². The van der Waals surface area contributed by atoms with Crippen LogP contribution >= 0.6 is 0 Å². The zero-order chi connectivity index (χ0) is 18.1. The fraction of sp³-hybridized carbons (Fsp3) is 0.812. The van der Waals surface area contributed by atoms with Crippen molar-refractivity contribution in [2.75, 3.05) is 18.4 Å². The van der Waals surface area contributed by atoms with Crippen molar-refractivity contribution < 1.29 is 22.4 Å². The van der Waals surface area contributed by atoms with Crippen LogP contribution in [0.25, 0.3) is 0 Å². The van der Waals surface area contributed by atoms with Crippen LogP contribution in [0.1, 0.15) is 45.4 Å². The predicted octanol–water partition coefficient (Wildman–Crippen LogP) is 3.23. The molecule has 2 saturated carbocycles. The van der Waals surface area contributed by atoms with Gasteiger partial charge in [-0.05, 0) is 50.9 Å². The molecule has 3 fully saturated rings. The van der Waals surface area contributed by atoms with Gasteiger partial charge in [0.25, 0.3) is 0 Å². The lowest BCUT2D eigenvalue weighted by molar-refractivity contribution is -0.147. The second-order valence-electron chi connectivity index (χ2n) is 7.25. The number of aromatic nitrogens is 2. The van der Waals surface area contributed by atoms with Crippen molar-refractivity contribution in [3.63, 3.8) is 0 Å². The number of piperidine rings is 1. The predicted molar refractivity (Wildman–Crippen MR) is 83.6 cm³/mol. The minimum Gasteiger partial charge on any atom is -0.411 e. The van der Waals surface area contributed by atoms with E-state index in [0.717, 1.165) is 25.9 Å². The molecule has 1 aromatic heterocycles. The van der Waals surface area contributed by atoms with Gasteiger partial charge in [0.1, 0.15) is 6.04 Å². The average Bonchev–Trinajstić information content (AvgIpc) is 3.49. The quantitative estimate of drug-likeness (QED) is 0.896. The Bertz CT molecular complexity index is 573. The molecule has 140 valence electrons. The van der Waals surface area contributed by atoms with E-state index in [9.17, 15) is 18.0 Å². The van der Waals surface area contributed by atoms with E-state index in [-0.39, 0.29) is 11.9 Å². The largest absolute Gasteiger partial charge is 0.411 e. The molecule has 1 N–H and O–H groups in total. The fourth-order valence-electron chi connectivity index (χ4n) is 3.05. The second-order valence-corrected chi connectivity index (χ2v) is 7.25. The average molecular weight is 360 g/mol. The highest BCUT2D eigenvalue weighted by Crippen LogP contribution is 2.53. The Kier molecular flexibility index (Phi) is 4.92. The molecule has 1 aromatic rings. The standard InChI is InChI=1S/C12H18N4O2.C4H5F3/c1-9(14-11-15-13-8-18-11)10(17)16-6-4-12(2-3-12)5-7-16;5-4(6,7)3-1-2-3/h8-9H,2-7H2,1H3,(H,14,15);3H,1-2H2. The van der Waals surface area contributed by atoms with Crippen molar-refractivity contribution in [1.82, 2.24) is 15.1 Å². The molecule has 4 rings (SSSR count). The first-order chi connectivity index (χ1) is 11.8. The first-order valence-corrected chi connectivity index (χ1v) is 8.67. The fourth-order valence-corrected chi connectivity index (χ4v) is 3.05. The van der Waals surface area contributed by atoms with Crippen LogP contribution in [0.4, 0.5) is 19.2 Å². The molecule has 1 amide bonds. The van der Waals surface area contributed by atoms with Crippen molar-refractivity contribution in [2.24, 2.45) is 11.3 Å². The summed E-state index contributed by atoms with van der Waals surface area (Å²) < 4.78 is 38.7. The van der Waals surface area contributed by atoms with Crippen LogP contribution in [0, 0.1) is 11.3 Å². The lowest BCUT2D eigenvalue weighted by atomic mass is 9.93. The number of alkyl halides is 3. The third-order valence-corrected chi connectivity index (χ3v) is 5.20. The molecule has 25 heavy (non-hydrogen) atoms. The van der Waals surface area contributed by atoms with Crippen molar-refractivity contribution in [3.05, 3.63) is 6.39 Å². The SMILES string of the molecule is CC(Nc1nnco1)C(=O)N1CCC2(CC1)CC2.FC(F)(F)C1CC1. The molecule has 0 bridgehead atoms. The third kappa shape index (κ3) is 4.85. The highest BCUT2D eigenvalue weighted by atomic mass is 19.4. The Balaban J connectivity index is 0.000000219. The number of hydrogen-bond acceptors (Lipinski definition) is 5. The minimum atomic E-state index is -3.89. The summed E-state index contributed by atoms with van der Waals surface area (Å²) in [6.07, 6.45) is 3.08. The maximum atomic E-state index is 12.2. The molecule has 1 unspecified atom stereocenters. The van der Waals surface area contributed by atoms with Crippen molar-refractivity contribution in [1.29, 1.82) is 0 Å². The zero-order valence-corrected chi connectivity index (χ0v) is 14.2. The molecule has 2 aliphatic carbocycles. The second kappa shape index (κ2) is 6.84. The van der Waals surface area contributed by atoms with Crippen LogP contribution in [0.5, 0.6) is 0 Å². The molecule has 3 aliphatic rings. The van der Waals surface area contributed by atoms with Crippen molar-refractivity contribution in [2.45, 2.75) is 57.7 Å². The summed E-state index contributed by atoms with van der Waals surface area (Å²) in [5.74, 6) is -0.837. The molecule has 1 atom stereocenters. The van der Waals surface area contributed by atoms with Gasteiger partial charge in [0, 0.05) is 13.1 Å². The molecule has 1 spiro atoms. The summed E-state index contributed by atoms with van der Waals surface area (Å²) in [5, 5.41) is 10.2. The Morgan fingerprint density at radius 3 is 2.36 bits per heavy atom. The van der Waals surface area contributed by atoms with Gasteiger partial charge in [0.2, 0.25) is 12.3 Å².